The first kappa shape index (κ1) is 19.1. The van der Waals surface area contributed by atoms with E-state index in [-0.39, 0.29) is 17.2 Å². The number of pyridine rings is 1. The van der Waals surface area contributed by atoms with Crippen molar-refractivity contribution < 1.29 is 9.59 Å². The third-order valence-corrected chi connectivity index (χ3v) is 6.22. The molecule has 148 valence electrons. The number of carbonyl (C=O) groups excluding carboxylic acids is 2. The highest BCUT2D eigenvalue weighted by atomic mass is 16.2. The SMILES string of the molecule is N#Cc1ccc(C(=O)N2CCC3(CCC(=O)N(Cc4cccnc4)C3)CC2)cc1. The first-order chi connectivity index (χ1) is 14.1. The van der Waals surface area contributed by atoms with Crippen LogP contribution in [0.3, 0.4) is 0 Å². The maximum atomic E-state index is 12.8. The predicted octanol–water partition coefficient (Wildman–Crippen LogP) is 3.00. The molecule has 1 spiro atoms. The summed E-state index contributed by atoms with van der Waals surface area (Å²) in [5, 5.41) is 8.91. The number of nitriles is 1. The average molecular weight is 388 g/mol. The Labute approximate surface area is 170 Å². The minimum atomic E-state index is 0.0171. The average Bonchev–Trinajstić information content (AvgIpc) is 2.77. The van der Waals surface area contributed by atoms with Gasteiger partial charge in [0, 0.05) is 50.6 Å². The third kappa shape index (κ3) is 4.14. The first-order valence-electron chi connectivity index (χ1n) is 10.0. The topological polar surface area (TPSA) is 77.3 Å². The maximum absolute atomic E-state index is 12.8. The molecule has 2 aliphatic rings. The van der Waals surface area contributed by atoms with E-state index in [1.165, 1.54) is 0 Å². The van der Waals surface area contributed by atoms with Gasteiger partial charge >= 0.3 is 0 Å². The number of aromatic nitrogens is 1. The van der Waals surface area contributed by atoms with Crippen molar-refractivity contribution in [3.63, 3.8) is 0 Å². The number of piperidine rings is 2. The molecule has 0 N–H and O–H groups in total. The number of benzene rings is 1. The summed E-state index contributed by atoms with van der Waals surface area (Å²) in [6.45, 7) is 2.75. The fourth-order valence-electron chi connectivity index (χ4n) is 4.42. The van der Waals surface area contributed by atoms with Crippen molar-refractivity contribution in [1.29, 1.82) is 5.26 Å². The van der Waals surface area contributed by atoms with Crippen molar-refractivity contribution in [3.05, 3.63) is 65.5 Å². The van der Waals surface area contributed by atoms with Crippen LogP contribution in [0.5, 0.6) is 0 Å². The van der Waals surface area contributed by atoms with Gasteiger partial charge in [-0.25, -0.2) is 0 Å². The Kier molecular flexibility index (Phi) is 5.30. The number of carbonyl (C=O) groups is 2. The number of hydrogen-bond acceptors (Lipinski definition) is 4. The van der Waals surface area contributed by atoms with E-state index in [1.54, 1.807) is 30.5 Å². The van der Waals surface area contributed by atoms with Gasteiger partial charge in [0.15, 0.2) is 0 Å². The zero-order valence-corrected chi connectivity index (χ0v) is 16.4. The Balaban J connectivity index is 1.39. The van der Waals surface area contributed by atoms with Gasteiger partial charge in [0.05, 0.1) is 11.6 Å². The smallest absolute Gasteiger partial charge is 0.253 e. The van der Waals surface area contributed by atoms with E-state index in [0.29, 0.717) is 37.2 Å². The van der Waals surface area contributed by atoms with Gasteiger partial charge in [-0.05, 0) is 60.6 Å². The van der Waals surface area contributed by atoms with Crippen LogP contribution in [0.2, 0.25) is 0 Å². The van der Waals surface area contributed by atoms with Gasteiger partial charge in [0.25, 0.3) is 5.91 Å². The minimum Gasteiger partial charge on any atom is -0.339 e. The van der Waals surface area contributed by atoms with E-state index < -0.39 is 0 Å². The molecule has 3 heterocycles. The van der Waals surface area contributed by atoms with Gasteiger partial charge in [-0.15, -0.1) is 0 Å². The van der Waals surface area contributed by atoms with Crippen LogP contribution in [0.25, 0.3) is 0 Å². The third-order valence-electron chi connectivity index (χ3n) is 6.22. The molecule has 2 aromatic rings. The van der Waals surface area contributed by atoms with Crippen LogP contribution < -0.4 is 0 Å². The van der Waals surface area contributed by atoms with Gasteiger partial charge in [-0.1, -0.05) is 6.07 Å². The fourth-order valence-corrected chi connectivity index (χ4v) is 4.42. The molecular formula is C23H24N4O2. The monoisotopic (exact) mass is 388 g/mol. The summed E-state index contributed by atoms with van der Waals surface area (Å²) in [5.41, 5.74) is 2.32. The standard InChI is InChI=1S/C23H24N4O2/c24-14-18-3-5-20(6-4-18)22(29)26-12-9-23(10-13-26)8-7-21(28)27(17-23)16-19-2-1-11-25-15-19/h1-6,11,15H,7-10,12-13,16-17H2. The van der Waals surface area contributed by atoms with E-state index in [4.69, 9.17) is 5.26 Å². The molecule has 4 rings (SSSR count). The van der Waals surface area contributed by atoms with Crippen LogP contribution in [0, 0.1) is 16.7 Å². The summed E-state index contributed by atoms with van der Waals surface area (Å²) in [6.07, 6.45) is 6.84. The van der Waals surface area contributed by atoms with Crippen LogP contribution >= 0.6 is 0 Å². The molecule has 2 fully saturated rings. The van der Waals surface area contributed by atoms with E-state index in [1.807, 2.05) is 28.1 Å². The minimum absolute atomic E-state index is 0.0171. The number of rotatable bonds is 3. The Morgan fingerprint density at radius 1 is 1.14 bits per heavy atom. The second-order valence-electron chi connectivity index (χ2n) is 8.09. The molecule has 2 amide bonds. The van der Waals surface area contributed by atoms with Gasteiger partial charge in [-0.3, -0.25) is 14.6 Å². The highest BCUT2D eigenvalue weighted by molar-refractivity contribution is 5.94. The first-order valence-corrected chi connectivity index (χ1v) is 10.0. The molecule has 1 aromatic heterocycles. The molecule has 6 heteroatoms. The Morgan fingerprint density at radius 2 is 1.90 bits per heavy atom. The second-order valence-corrected chi connectivity index (χ2v) is 8.09. The molecule has 29 heavy (non-hydrogen) atoms. The second kappa shape index (κ2) is 8.04. The van der Waals surface area contributed by atoms with Crippen molar-refractivity contribution >= 4 is 11.8 Å². The lowest BCUT2D eigenvalue weighted by atomic mass is 9.72. The van der Waals surface area contributed by atoms with Crippen LogP contribution in [0.15, 0.2) is 48.8 Å². The fraction of sp³-hybridized carbons (Fsp3) is 0.391. The number of amides is 2. The molecule has 0 radical (unpaired) electrons. The summed E-state index contributed by atoms with van der Waals surface area (Å²) in [7, 11) is 0. The molecular weight excluding hydrogens is 364 g/mol. The van der Waals surface area contributed by atoms with Crippen LogP contribution in [0.4, 0.5) is 0 Å². The lowest BCUT2D eigenvalue weighted by Crippen LogP contribution is -2.52. The zero-order chi connectivity index (χ0) is 20.3. The van der Waals surface area contributed by atoms with Crippen molar-refractivity contribution in [2.24, 2.45) is 5.41 Å². The molecule has 0 unspecified atom stereocenters. The van der Waals surface area contributed by atoms with Gasteiger partial charge < -0.3 is 9.80 Å². The highest BCUT2D eigenvalue weighted by Gasteiger charge is 2.41. The molecule has 1 aromatic carbocycles. The molecule has 2 saturated heterocycles. The van der Waals surface area contributed by atoms with Crippen LogP contribution in [0.1, 0.15) is 47.2 Å². The van der Waals surface area contributed by atoms with E-state index >= 15 is 0 Å². The van der Waals surface area contributed by atoms with Gasteiger partial charge in [0.2, 0.25) is 5.91 Å². The summed E-state index contributed by atoms with van der Waals surface area (Å²) in [4.78, 5) is 33.3. The van der Waals surface area contributed by atoms with Crippen LogP contribution in [-0.4, -0.2) is 46.2 Å². The quantitative estimate of drug-likeness (QED) is 0.810. The molecule has 0 aliphatic carbocycles. The van der Waals surface area contributed by atoms with Crippen molar-refractivity contribution in [2.45, 2.75) is 32.2 Å². The molecule has 2 aliphatic heterocycles. The number of nitrogens with zero attached hydrogens (tertiary/aromatic N) is 4. The van der Waals surface area contributed by atoms with Crippen molar-refractivity contribution in [3.8, 4) is 6.07 Å². The Hall–Kier alpha value is -3.20. The molecule has 0 saturated carbocycles. The molecule has 0 atom stereocenters. The van der Waals surface area contributed by atoms with Crippen molar-refractivity contribution in [2.75, 3.05) is 19.6 Å². The summed E-state index contributed by atoms with van der Waals surface area (Å²) in [5.74, 6) is 0.221. The Bertz CT molecular complexity index is 926. The Morgan fingerprint density at radius 3 is 2.55 bits per heavy atom. The normalized spacial score (nSPS) is 18.5. The van der Waals surface area contributed by atoms with E-state index in [2.05, 4.69) is 11.1 Å². The van der Waals surface area contributed by atoms with Gasteiger partial charge in [0.1, 0.15) is 0 Å². The number of likely N-dealkylation sites (tertiary alicyclic amines) is 2. The highest BCUT2D eigenvalue weighted by Crippen LogP contribution is 2.40. The number of hydrogen-bond donors (Lipinski definition) is 0. The van der Waals surface area contributed by atoms with E-state index in [0.717, 1.165) is 31.4 Å². The molecule has 6 nitrogen and oxygen atoms in total. The van der Waals surface area contributed by atoms with Gasteiger partial charge in [-0.2, -0.15) is 5.26 Å². The zero-order valence-electron chi connectivity index (χ0n) is 16.4. The summed E-state index contributed by atoms with van der Waals surface area (Å²) >= 11 is 0. The predicted molar refractivity (Wildman–Crippen MR) is 108 cm³/mol. The summed E-state index contributed by atoms with van der Waals surface area (Å²) in [6, 6.07) is 12.8. The van der Waals surface area contributed by atoms with E-state index in [9.17, 15) is 9.59 Å². The van der Waals surface area contributed by atoms with Crippen molar-refractivity contribution in [1.82, 2.24) is 14.8 Å². The lowest BCUT2D eigenvalue weighted by molar-refractivity contribution is -0.139. The lowest BCUT2D eigenvalue weighted by Gasteiger charge is -2.47. The molecule has 0 bridgehead atoms. The summed E-state index contributed by atoms with van der Waals surface area (Å²) < 4.78 is 0. The van der Waals surface area contributed by atoms with Crippen LogP contribution in [-0.2, 0) is 11.3 Å². The largest absolute Gasteiger partial charge is 0.339 e. The maximum Gasteiger partial charge on any atom is 0.253 e.